The fraction of sp³-hybridized carbons (Fsp3) is 0.545. The zero-order chi connectivity index (χ0) is 11.3. The van der Waals surface area contributed by atoms with Crippen LogP contribution in [0.25, 0.3) is 0 Å². The largest absolute Gasteiger partial charge is 0.396 e. The summed E-state index contributed by atoms with van der Waals surface area (Å²) in [4.78, 5) is 4.02. The zero-order valence-electron chi connectivity index (χ0n) is 9.07. The molecule has 0 aliphatic heterocycles. The molecular formula is C11H17ClN2O. The van der Waals surface area contributed by atoms with Crippen LogP contribution in [-0.2, 0) is 0 Å². The first-order chi connectivity index (χ1) is 7.13. The van der Waals surface area contributed by atoms with Crippen LogP contribution in [0.1, 0.15) is 25.5 Å². The van der Waals surface area contributed by atoms with E-state index in [2.05, 4.69) is 17.2 Å². The van der Waals surface area contributed by atoms with Gasteiger partial charge < -0.3 is 10.4 Å². The highest BCUT2D eigenvalue weighted by Gasteiger charge is 2.07. The third-order valence-electron chi connectivity index (χ3n) is 2.33. The van der Waals surface area contributed by atoms with Crippen LogP contribution in [-0.4, -0.2) is 23.2 Å². The number of rotatable bonds is 5. The monoisotopic (exact) mass is 228 g/mol. The van der Waals surface area contributed by atoms with Crippen LogP contribution in [0.15, 0.2) is 18.3 Å². The molecule has 1 aromatic rings. The number of nitrogens with zero attached hydrogens (tertiary/aromatic N) is 1. The number of aromatic nitrogens is 1. The van der Waals surface area contributed by atoms with Gasteiger partial charge in [-0.1, -0.05) is 24.6 Å². The Hall–Kier alpha value is -0.640. The van der Waals surface area contributed by atoms with Gasteiger partial charge in [-0.15, -0.1) is 0 Å². The van der Waals surface area contributed by atoms with Gasteiger partial charge in [0.1, 0.15) is 5.15 Å². The van der Waals surface area contributed by atoms with Crippen molar-refractivity contribution < 1.29 is 5.11 Å². The molecule has 0 amide bonds. The Bertz CT molecular complexity index is 289. The van der Waals surface area contributed by atoms with Crippen molar-refractivity contribution in [3.8, 4) is 0 Å². The topological polar surface area (TPSA) is 45.1 Å². The van der Waals surface area contributed by atoms with Crippen molar-refractivity contribution in [2.24, 2.45) is 5.92 Å². The normalized spacial score (nSPS) is 14.9. The minimum Gasteiger partial charge on any atom is -0.396 e. The number of hydrogen-bond acceptors (Lipinski definition) is 3. The van der Waals surface area contributed by atoms with Crippen LogP contribution >= 0.6 is 11.6 Å². The number of nitrogens with one attached hydrogen (secondary N) is 1. The van der Waals surface area contributed by atoms with Crippen molar-refractivity contribution >= 4 is 11.6 Å². The van der Waals surface area contributed by atoms with Crippen molar-refractivity contribution in [2.45, 2.75) is 19.9 Å². The number of halogens is 1. The number of aliphatic hydroxyl groups excluding tert-OH is 1. The fourth-order valence-electron chi connectivity index (χ4n) is 1.20. The molecule has 0 bridgehead atoms. The molecule has 0 fully saturated rings. The van der Waals surface area contributed by atoms with Crippen LogP contribution in [0.3, 0.4) is 0 Å². The van der Waals surface area contributed by atoms with Crippen LogP contribution in [0.4, 0.5) is 0 Å². The van der Waals surface area contributed by atoms with E-state index in [0.29, 0.717) is 5.15 Å². The van der Waals surface area contributed by atoms with Gasteiger partial charge in [0, 0.05) is 25.4 Å². The molecule has 0 spiro atoms. The van der Waals surface area contributed by atoms with Crippen molar-refractivity contribution in [1.82, 2.24) is 10.3 Å². The molecule has 2 N–H and O–H groups in total. The Morgan fingerprint density at radius 2 is 2.20 bits per heavy atom. The Kier molecular flexibility index (Phi) is 5.02. The highest BCUT2D eigenvalue weighted by molar-refractivity contribution is 6.29. The predicted molar refractivity (Wildman–Crippen MR) is 61.9 cm³/mol. The molecule has 1 rings (SSSR count). The molecule has 1 aromatic heterocycles. The molecule has 0 aromatic carbocycles. The first-order valence-corrected chi connectivity index (χ1v) is 5.47. The summed E-state index contributed by atoms with van der Waals surface area (Å²) in [6.45, 7) is 5.06. The van der Waals surface area contributed by atoms with E-state index in [1.165, 1.54) is 0 Å². The molecule has 3 nitrogen and oxygen atoms in total. The molecule has 15 heavy (non-hydrogen) atoms. The van der Waals surface area contributed by atoms with Crippen LogP contribution in [0, 0.1) is 5.92 Å². The quantitative estimate of drug-likeness (QED) is 0.758. The second-order valence-electron chi connectivity index (χ2n) is 3.83. The van der Waals surface area contributed by atoms with E-state index >= 15 is 0 Å². The Morgan fingerprint density at radius 1 is 1.47 bits per heavy atom. The summed E-state index contributed by atoms with van der Waals surface area (Å²) in [6, 6.07) is 3.96. The van der Waals surface area contributed by atoms with Crippen molar-refractivity contribution in [1.29, 1.82) is 0 Å². The summed E-state index contributed by atoms with van der Waals surface area (Å²) < 4.78 is 0. The van der Waals surface area contributed by atoms with E-state index in [1.54, 1.807) is 12.3 Å². The maximum atomic E-state index is 8.88. The van der Waals surface area contributed by atoms with Crippen molar-refractivity contribution in [3.63, 3.8) is 0 Å². The lowest BCUT2D eigenvalue weighted by atomic mass is 10.1. The second kappa shape index (κ2) is 6.05. The van der Waals surface area contributed by atoms with Gasteiger partial charge in [0.15, 0.2) is 0 Å². The summed E-state index contributed by atoms with van der Waals surface area (Å²) in [6.07, 6.45) is 1.77. The lowest BCUT2D eigenvalue weighted by Gasteiger charge is -2.16. The van der Waals surface area contributed by atoms with E-state index < -0.39 is 0 Å². The lowest BCUT2D eigenvalue weighted by molar-refractivity contribution is 0.231. The number of aliphatic hydroxyl groups is 1. The highest BCUT2D eigenvalue weighted by Crippen LogP contribution is 2.13. The summed E-state index contributed by atoms with van der Waals surface area (Å²) in [7, 11) is 0. The average molecular weight is 229 g/mol. The molecule has 2 unspecified atom stereocenters. The minimum atomic E-state index is 0.207. The first-order valence-electron chi connectivity index (χ1n) is 5.09. The van der Waals surface area contributed by atoms with Gasteiger partial charge in [-0.25, -0.2) is 4.98 Å². The van der Waals surface area contributed by atoms with E-state index in [0.717, 1.165) is 12.1 Å². The third-order valence-corrected chi connectivity index (χ3v) is 2.56. The predicted octanol–water partition coefficient (Wildman–Crippen LogP) is 2.01. The lowest BCUT2D eigenvalue weighted by Crippen LogP contribution is -2.26. The van der Waals surface area contributed by atoms with Crippen LogP contribution in [0.2, 0.25) is 5.15 Å². The van der Waals surface area contributed by atoms with Gasteiger partial charge in [-0.3, -0.25) is 0 Å². The van der Waals surface area contributed by atoms with Gasteiger partial charge in [0.2, 0.25) is 0 Å². The Labute approximate surface area is 95.5 Å². The highest BCUT2D eigenvalue weighted by atomic mass is 35.5. The van der Waals surface area contributed by atoms with Crippen LogP contribution < -0.4 is 5.32 Å². The smallest absolute Gasteiger partial charge is 0.129 e. The molecule has 0 saturated carbocycles. The summed E-state index contributed by atoms with van der Waals surface area (Å²) in [5.74, 6) is 0.271. The van der Waals surface area contributed by atoms with E-state index in [4.69, 9.17) is 16.7 Å². The molecule has 1 heterocycles. The third kappa shape index (κ3) is 4.16. The number of pyridine rings is 1. The van der Waals surface area contributed by atoms with Gasteiger partial charge in [-0.2, -0.15) is 0 Å². The molecule has 2 atom stereocenters. The van der Waals surface area contributed by atoms with Gasteiger partial charge in [0.05, 0.1) is 0 Å². The van der Waals surface area contributed by atoms with E-state index in [-0.39, 0.29) is 18.6 Å². The molecule has 0 aliphatic rings. The molecular weight excluding hydrogens is 212 g/mol. The molecule has 0 saturated heterocycles. The van der Waals surface area contributed by atoms with Gasteiger partial charge >= 0.3 is 0 Å². The first kappa shape index (κ1) is 12.4. The fourth-order valence-corrected chi connectivity index (χ4v) is 1.32. The van der Waals surface area contributed by atoms with Gasteiger partial charge in [0.25, 0.3) is 0 Å². The Morgan fingerprint density at radius 3 is 2.73 bits per heavy atom. The summed E-state index contributed by atoms with van der Waals surface area (Å²) >= 11 is 5.70. The minimum absolute atomic E-state index is 0.207. The maximum Gasteiger partial charge on any atom is 0.129 e. The van der Waals surface area contributed by atoms with Gasteiger partial charge in [-0.05, 0) is 24.5 Å². The van der Waals surface area contributed by atoms with Crippen molar-refractivity contribution in [3.05, 3.63) is 29.0 Å². The molecule has 84 valence electrons. The number of hydrogen-bond donors (Lipinski definition) is 2. The molecule has 0 aliphatic carbocycles. The standard InChI is InChI=1S/C11H17ClN2O/c1-8(7-15)5-13-9(2)10-3-4-11(12)14-6-10/h3-4,6,8-9,13,15H,5,7H2,1-2H3. The summed E-state index contributed by atoms with van der Waals surface area (Å²) in [5.41, 5.74) is 1.10. The van der Waals surface area contributed by atoms with Crippen LogP contribution in [0.5, 0.6) is 0 Å². The maximum absolute atomic E-state index is 8.88. The van der Waals surface area contributed by atoms with E-state index in [1.807, 2.05) is 13.0 Å². The zero-order valence-corrected chi connectivity index (χ0v) is 9.83. The molecule has 4 heteroatoms. The molecule has 0 radical (unpaired) electrons. The summed E-state index contributed by atoms with van der Waals surface area (Å²) in [5, 5.41) is 12.7. The van der Waals surface area contributed by atoms with Crippen molar-refractivity contribution in [2.75, 3.05) is 13.2 Å². The second-order valence-corrected chi connectivity index (χ2v) is 4.22. The average Bonchev–Trinajstić information content (AvgIpc) is 2.26. The van der Waals surface area contributed by atoms with E-state index in [9.17, 15) is 0 Å². The SMILES string of the molecule is CC(CO)CNC(C)c1ccc(Cl)nc1. The Balaban J connectivity index is 2.46.